The lowest BCUT2D eigenvalue weighted by Gasteiger charge is -2.36. The van der Waals surface area contributed by atoms with Crippen LogP contribution >= 0.6 is 0 Å². The fraction of sp³-hybridized carbons (Fsp3) is 0.643. The van der Waals surface area contributed by atoms with E-state index in [1.807, 2.05) is 39.2 Å². The van der Waals surface area contributed by atoms with E-state index in [0.717, 1.165) is 30.2 Å². The normalized spacial score (nSPS) is 20.1. The van der Waals surface area contributed by atoms with Crippen LogP contribution in [0.5, 0.6) is 5.75 Å². The van der Waals surface area contributed by atoms with Gasteiger partial charge in [0.15, 0.2) is 25.7 Å². The molecule has 2 unspecified atom stereocenters. The molecule has 1 aromatic carbocycles. The quantitative estimate of drug-likeness (QED) is 0.169. The Morgan fingerprint density at radius 3 is 2.02 bits per heavy atom. The second-order valence-electron chi connectivity index (χ2n) is 19.8. The molecule has 2 saturated carbocycles. The largest absolute Gasteiger partial charge is 0.573 e. The minimum Gasteiger partial charge on any atom is -0.444 e. The molecule has 3 aliphatic rings. The first kappa shape index (κ1) is 43.7. The number of carbonyl (C=O) groups excluding carboxylic acids is 2. The third-order valence-corrected chi connectivity index (χ3v) is 15.9. The Morgan fingerprint density at radius 1 is 0.931 bits per heavy atom. The van der Waals surface area contributed by atoms with Crippen molar-refractivity contribution in [3.8, 4) is 17.0 Å². The van der Waals surface area contributed by atoms with E-state index < -0.39 is 66.7 Å². The molecule has 1 saturated heterocycles. The number of fused-ring (bicyclic) bond motifs is 2. The number of alkyl halides is 3. The number of aromatic nitrogens is 2. The van der Waals surface area contributed by atoms with Crippen LogP contribution in [0.1, 0.15) is 124 Å². The molecule has 10 nitrogen and oxygen atoms in total. The number of likely N-dealkylation sites (tertiary alicyclic amines) is 1. The Balaban J connectivity index is 1.58. The van der Waals surface area contributed by atoms with Crippen molar-refractivity contribution in [1.82, 2.24) is 14.5 Å². The van der Waals surface area contributed by atoms with Gasteiger partial charge in [0.05, 0.1) is 23.4 Å². The molecule has 0 bridgehead atoms. The van der Waals surface area contributed by atoms with Gasteiger partial charge in [0, 0.05) is 42.0 Å². The predicted octanol–water partition coefficient (Wildman–Crippen LogP) is 11.8. The first-order chi connectivity index (χ1) is 26.5. The minimum atomic E-state index is -5.34. The van der Waals surface area contributed by atoms with E-state index in [0.29, 0.717) is 30.2 Å². The van der Waals surface area contributed by atoms with E-state index in [-0.39, 0.29) is 52.6 Å². The maximum Gasteiger partial charge on any atom is 0.573 e. The lowest BCUT2D eigenvalue weighted by Crippen LogP contribution is -2.40. The highest BCUT2D eigenvalue weighted by Crippen LogP contribution is 2.62. The number of rotatable bonds is 9. The molecule has 16 heteroatoms. The van der Waals surface area contributed by atoms with Gasteiger partial charge in [-0.2, -0.15) is 0 Å². The molecule has 58 heavy (non-hydrogen) atoms. The Bertz CT molecular complexity index is 2100. The van der Waals surface area contributed by atoms with Gasteiger partial charge < -0.3 is 28.1 Å². The number of carbonyl (C=O) groups is 2. The Kier molecular flexibility index (Phi) is 11.0. The van der Waals surface area contributed by atoms with E-state index in [9.17, 15) is 22.8 Å². The number of amides is 2. The van der Waals surface area contributed by atoms with E-state index >= 15 is 8.78 Å². The van der Waals surface area contributed by atoms with E-state index in [1.165, 1.54) is 0 Å². The summed E-state index contributed by atoms with van der Waals surface area (Å²) < 4.78 is 99.3. The number of ether oxygens (including phenoxy) is 3. The highest BCUT2D eigenvalue weighted by Gasteiger charge is 2.60. The van der Waals surface area contributed by atoms with Gasteiger partial charge in [-0.15, -0.1) is 13.2 Å². The van der Waals surface area contributed by atoms with Crippen LogP contribution in [-0.4, -0.2) is 65.6 Å². The van der Waals surface area contributed by atoms with Crippen LogP contribution in [0.15, 0.2) is 12.1 Å². The monoisotopic (exact) mass is 836 g/mol. The first-order valence-electron chi connectivity index (χ1n) is 20.0. The average Bonchev–Trinajstić information content (AvgIpc) is 3.92. The molecule has 1 N–H and O–H groups in total. The molecule has 320 valence electrons. The third kappa shape index (κ3) is 8.97. The summed E-state index contributed by atoms with van der Waals surface area (Å²) in [6.07, 6.45) is -5.26. The zero-order valence-electron chi connectivity index (χ0n) is 35.8. The Hall–Kier alpha value is -3.92. The molecular formula is C42H57F5N4O6Si. The minimum absolute atomic E-state index is 0.0524. The molecule has 2 aliphatic carbocycles. The summed E-state index contributed by atoms with van der Waals surface area (Å²) >= 11 is 0. The molecule has 3 heterocycles. The zero-order chi connectivity index (χ0) is 43.2. The van der Waals surface area contributed by atoms with Crippen molar-refractivity contribution in [2.45, 2.75) is 149 Å². The van der Waals surface area contributed by atoms with Gasteiger partial charge in [0.25, 0.3) is 0 Å². The molecular weight excluding hydrogens is 780 g/mol. The van der Waals surface area contributed by atoms with Gasteiger partial charge in [-0.1, -0.05) is 34.6 Å². The van der Waals surface area contributed by atoms with Crippen LogP contribution in [0, 0.1) is 23.5 Å². The molecule has 2 atom stereocenters. The van der Waals surface area contributed by atoms with Gasteiger partial charge in [-0.05, 0) is 108 Å². The standard InChI is InChI=1S/C42H57F5N4O6Si/c1-21(2)33-31-30(29-25-18-50(19-26(25)29)38(53)57-40(6,7)8)28(20-54-58(12,13)41(9,10)11)51(23-14-15-23)35(31)32(44)34(49-33)24-16-22(48-37(52)56-39(3,4)5)17-27(43)36(24)55-42(45,46)47/h16-17,21,23,25-26,29H,14-15,18-20H2,1-13H3,(H,48,52). The molecule has 3 aromatic rings. The van der Waals surface area contributed by atoms with Crippen LogP contribution in [0.2, 0.25) is 18.1 Å². The van der Waals surface area contributed by atoms with Gasteiger partial charge >= 0.3 is 18.5 Å². The van der Waals surface area contributed by atoms with Crippen molar-refractivity contribution in [2.75, 3.05) is 18.4 Å². The maximum atomic E-state index is 17.8. The number of anilines is 1. The van der Waals surface area contributed by atoms with Crippen LogP contribution in [0.4, 0.5) is 37.2 Å². The van der Waals surface area contributed by atoms with Crippen molar-refractivity contribution < 1.29 is 50.2 Å². The van der Waals surface area contributed by atoms with Crippen molar-refractivity contribution in [1.29, 1.82) is 0 Å². The van der Waals surface area contributed by atoms with Crippen molar-refractivity contribution in [3.05, 3.63) is 40.7 Å². The summed E-state index contributed by atoms with van der Waals surface area (Å²) in [5.74, 6) is -4.07. The van der Waals surface area contributed by atoms with E-state index in [2.05, 4.69) is 43.9 Å². The highest BCUT2D eigenvalue weighted by atomic mass is 28.4. The van der Waals surface area contributed by atoms with Crippen LogP contribution < -0.4 is 10.1 Å². The molecule has 6 rings (SSSR count). The molecule has 3 fully saturated rings. The summed E-state index contributed by atoms with van der Waals surface area (Å²) in [5.41, 5.74) is -0.871. The van der Waals surface area contributed by atoms with Gasteiger partial charge in [0.1, 0.15) is 16.9 Å². The van der Waals surface area contributed by atoms with E-state index in [1.54, 1.807) is 25.7 Å². The average molecular weight is 837 g/mol. The van der Waals surface area contributed by atoms with E-state index in [4.69, 9.17) is 18.9 Å². The van der Waals surface area contributed by atoms with Crippen LogP contribution in [0.25, 0.3) is 22.2 Å². The van der Waals surface area contributed by atoms with Crippen LogP contribution in [0.3, 0.4) is 0 Å². The summed E-state index contributed by atoms with van der Waals surface area (Å²) in [4.78, 5) is 32.3. The fourth-order valence-corrected chi connectivity index (χ4v) is 8.62. The maximum absolute atomic E-state index is 17.8. The van der Waals surface area contributed by atoms with Gasteiger partial charge in [-0.25, -0.2) is 23.4 Å². The molecule has 0 radical (unpaired) electrons. The number of hydrogen-bond donors (Lipinski definition) is 1. The number of nitrogens with zero attached hydrogens (tertiary/aromatic N) is 3. The lowest BCUT2D eigenvalue weighted by molar-refractivity contribution is -0.275. The first-order valence-corrected chi connectivity index (χ1v) is 22.9. The Labute approximate surface area is 338 Å². The Morgan fingerprint density at radius 2 is 1.52 bits per heavy atom. The second kappa shape index (κ2) is 14.7. The van der Waals surface area contributed by atoms with Crippen molar-refractivity contribution in [2.24, 2.45) is 11.8 Å². The fourth-order valence-electron chi connectivity index (χ4n) is 7.69. The molecule has 0 spiro atoms. The summed E-state index contributed by atoms with van der Waals surface area (Å²) in [5, 5.41) is 2.77. The molecule has 2 aromatic heterocycles. The third-order valence-electron chi connectivity index (χ3n) is 11.4. The summed E-state index contributed by atoms with van der Waals surface area (Å²) in [6.45, 7) is 25.7. The number of benzene rings is 1. The molecule has 1 aliphatic heterocycles. The lowest BCUT2D eigenvalue weighted by atomic mass is 9.95. The summed E-state index contributed by atoms with van der Waals surface area (Å²) in [6, 6.07) is 1.54. The SMILES string of the molecule is CC(C)c1nc(-c2cc(NC(=O)OC(C)(C)C)cc(F)c2OC(F)(F)F)c(F)c2c1c(C1C3CN(C(=O)OC(C)(C)C)CC31)c(CO[Si](C)(C)C(C)(C)C)n2C1CC1. The van der Waals surface area contributed by atoms with Gasteiger partial charge in [0.2, 0.25) is 0 Å². The number of hydrogen-bond acceptors (Lipinski definition) is 7. The van der Waals surface area contributed by atoms with Crippen molar-refractivity contribution in [3.63, 3.8) is 0 Å². The smallest absolute Gasteiger partial charge is 0.444 e. The van der Waals surface area contributed by atoms with Crippen LogP contribution in [-0.2, 0) is 20.5 Å². The summed E-state index contributed by atoms with van der Waals surface area (Å²) in [7, 11) is -2.37. The molecule has 2 amide bonds. The zero-order valence-corrected chi connectivity index (χ0v) is 36.8. The number of piperidine rings is 1. The number of pyridine rings is 1. The number of nitrogens with one attached hydrogen (secondary N) is 1. The number of halogens is 5. The van der Waals surface area contributed by atoms with Gasteiger partial charge in [-0.3, -0.25) is 5.32 Å². The topological polar surface area (TPSA) is 104 Å². The predicted molar refractivity (Wildman–Crippen MR) is 213 cm³/mol. The second-order valence-corrected chi connectivity index (χ2v) is 24.6. The van der Waals surface area contributed by atoms with Crippen molar-refractivity contribution >= 4 is 37.1 Å². The highest BCUT2D eigenvalue weighted by molar-refractivity contribution is 6.74.